The standard InChI is InChI=1S/C20H42O2Si4/c1-23(2,3)21-25(7,8)17-15-19-11-13-20(14-12-19)16-18-26(9,10)22-24(4,5)6/h11-14H,15-18H2,1-10H3. The van der Waals surface area contributed by atoms with Crippen LogP contribution < -0.4 is 0 Å². The first-order valence-corrected chi connectivity index (χ1v) is 23.1. The van der Waals surface area contributed by atoms with Gasteiger partial charge in [0.25, 0.3) is 0 Å². The predicted octanol–water partition coefficient (Wildman–Crippen LogP) is 6.88. The van der Waals surface area contributed by atoms with Crippen molar-refractivity contribution >= 4 is 33.3 Å². The van der Waals surface area contributed by atoms with Gasteiger partial charge in [-0.2, -0.15) is 0 Å². The maximum atomic E-state index is 6.46. The molecule has 0 aliphatic heterocycles. The Morgan fingerprint density at radius 3 is 1.04 bits per heavy atom. The van der Waals surface area contributed by atoms with E-state index in [4.69, 9.17) is 8.23 Å². The normalized spacial score (nSPS) is 13.9. The molecule has 2 nitrogen and oxygen atoms in total. The van der Waals surface area contributed by atoms with Crippen molar-refractivity contribution in [1.29, 1.82) is 0 Å². The van der Waals surface area contributed by atoms with Crippen LogP contribution in [0.25, 0.3) is 0 Å². The van der Waals surface area contributed by atoms with Crippen molar-refractivity contribution in [3.05, 3.63) is 35.4 Å². The van der Waals surface area contributed by atoms with Gasteiger partial charge in [-0.15, -0.1) is 0 Å². The summed E-state index contributed by atoms with van der Waals surface area (Å²) in [5, 5.41) is 0. The lowest BCUT2D eigenvalue weighted by atomic mass is 10.1. The molecule has 1 aromatic carbocycles. The van der Waals surface area contributed by atoms with Gasteiger partial charge in [0.15, 0.2) is 33.3 Å². The first-order valence-electron chi connectivity index (χ1n) is 10.1. The molecule has 0 N–H and O–H groups in total. The number of aryl methyl sites for hydroxylation is 2. The molecule has 150 valence electrons. The molecule has 0 saturated heterocycles. The Morgan fingerprint density at radius 1 is 0.538 bits per heavy atom. The lowest BCUT2D eigenvalue weighted by Crippen LogP contribution is -2.42. The van der Waals surface area contributed by atoms with Crippen molar-refractivity contribution in [3.63, 3.8) is 0 Å². The topological polar surface area (TPSA) is 18.5 Å². The third-order valence-corrected chi connectivity index (χ3v) is 16.4. The van der Waals surface area contributed by atoms with Gasteiger partial charge in [0.1, 0.15) is 0 Å². The molecule has 1 aromatic rings. The molecule has 0 atom stereocenters. The highest BCUT2D eigenvalue weighted by molar-refractivity contribution is 6.84. The number of hydrogen-bond donors (Lipinski definition) is 0. The van der Waals surface area contributed by atoms with Gasteiger partial charge in [-0.1, -0.05) is 24.3 Å². The van der Waals surface area contributed by atoms with Crippen LogP contribution in [0, 0.1) is 0 Å². The summed E-state index contributed by atoms with van der Waals surface area (Å²) in [6, 6.07) is 11.7. The van der Waals surface area contributed by atoms with Crippen LogP contribution in [0.3, 0.4) is 0 Å². The first-order chi connectivity index (χ1) is 11.6. The molecule has 0 heterocycles. The first kappa shape index (κ1) is 24.0. The number of rotatable bonds is 10. The molecule has 0 amide bonds. The van der Waals surface area contributed by atoms with Crippen LogP contribution in [0.4, 0.5) is 0 Å². The SMILES string of the molecule is C[Si](C)(C)O[Si](C)(C)CCc1ccc(CC[Si](C)(C)O[Si](C)(C)C)cc1. The Balaban J connectivity index is 2.54. The molecule has 0 unspecified atom stereocenters. The maximum Gasteiger partial charge on any atom is 0.173 e. The summed E-state index contributed by atoms with van der Waals surface area (Å²) in [6.45, 7) is 23.3. The van der Waals surface area contributed by atoms with E-state index in [9.17, 15) is 0 Å². The summed E-state index contributed by atoms with van der Waals surface area (Å²) >= 11 is 0. The van der Waals surface area contributed by atoms with Crippen LogP contribution >= 0.6 is 0 Å². The summed E-state index contributed by atoms with van der Waals surface area (Å²) < 4.78 is 12.9. The van der Waals surface area contributed by atoms with Crippen molar-refractivity contribution in [2.24, 2.45) is 0 Å². The van der Waals surface area contributed by atoms with Gasteiger partial charge in [-0.3, -0.25) is 0 Å². The second-order valence-corrected chi connectivity index (χ2v) is 28.9. The minimum atomic E-state index is -1.54. The molecule has 0 fully saturated rings. The molecule has 6 heteroatoms. The third-order valence-electron chi connectivity index (χ3n) is 4.22. The molecule has 1 rings (SSSR count). The Morgan fingerprint density at radius 2 is 0.808 bits per heavy atom. The zero-order valence-corrected chi connectivity index (χ0v) is 23.0. The van der Waals surface area contributed by atoms with E-state index in [1.165, 1.54) is 23.2 Å². The zero-order valence-electron chi connectivity index (χ0n) is 19.0. The Kier molecular flexibility index (Phi) is 8.33. The van der Waals surface area contributed by atoms with E-state index in [0.29, 0.717) is 0 Å². The summed E-state index contributed by atoms with van der Waals surface area (Å²) in [5.74, 6) is 0. The van der Waals surface area contributed by atoms with Crippen LogP contribution in [0.2, 0.25) is 77.6 Å². The Labute approximate surface area is 167 Å². The lowest BCUT2D eigenvalue weighted by molar-refractivity contribution is 0.545. The second kappa shape index (κ2) is 9.00. The van der Waals surface area contributed by atoms with Gasteiger partial charge < -0.3 is 8.23 Å². The number of hydrogen-bond acceptors (Lipinski definition) is 2. The van der Waals surface area contributed by atoms with Crippen molar-refractivity contribution in [2.75, 3.05) is 0 Å². The monoisotopic (exact) mass is 426 g/mol. The lowest BCUT2D eigenvalue weighted by Gasteiger charge is -2.32. The van der Waals surface area contributed by atoms with Crippen molar-refractivity contribution in [1.82, 2.24) is 0 Å². The third kappa shape index (κ3) is 11.0. The van der Waals surface area contributed by atoms with Crippen molar-refractivity contribution in [2.45, 2.75) is 90.4 Å². The van der Waals surface area contributed by atoms with E-state index in [1.807, 2.05) is 0 Å². The number of benzene rings is 1. The van der Waals surface area contributed by atoms with E-state index >= 15 is 0 Å². The molecule has 0 spiro atoms. The van der Waals surface area contributed by atoms with E-state index in [1.54, 1.807) is 0 Å². The van der Waals surface area contributed by atoms with Gasteiger partial charge in [0.05, 0.1) is 0 Å². The maximum absolute atomic E-state index is 6.46. The highest BCUT2D eigenvalue weighted by Gasteiger charge is 2.30. The summed E-state index contributed by atoms with van der Waals surface area (Å²) in [5.41, 5.74) is 2.90. The van der Waals surface area contributed by atoms with Gasteiger partial charge in [-0.25, -0.2) is 0 Å². The van der Waals surface area contributed by atoms with Gasteiger partial charge in [0.2, 0.25) is 0 Å². The summed E-state index contributed by atoms with van der Waals surface area (Å²) in [7, 11) is -5.95. The van der Waals surface area contributed by atoms with Gasteiger partial charge in [0, 0.05) is 0 Å². The molecule has 26 heavy (non-hydrogen) atoms. The average molecular weight is 427 g/mol. The largest absolute Gasteiger partial charge is 0.456 e. The van der Waals surface area contributed by atoms with Gasteiger partial charge in [-0.05, 0) is 102 Å². The van der Waals surface area contributed by atoms with Crippen LogP contribution in [0.15, 0.2) is 24.3 Å². The minimum absolute atomic E-state index is 1.14. The second-order valence-electron chi connectivity index (χ2n) is 10.8. The minimum Gasteiger partial charge on any atom is -0.456 e. The van der Waals surface area contributed by atoms with Crippen molar-refractivity contribution in [3.8, 4) is 0 Å². The molecule has 0 bridgehead atoms. The molecule has 0 aromatic heterocycles. The summed E-state index contributed by atoms with van der Waals surface area (Å²) in [4.78, 5) is 0. The van der Waals surface area contributed by atoms with E-state index in [0.717, 1.165) is 12.8 Å². The fourth-order valence-electron chi connectivity index (χ4n) is 3.52. The highest BCUT2D eigenvalue weighted by Crippen LogP contribution is 2.23. The van der Waals surface area contributed by atoms with E-state index in [2.05, 4.69) is 89.7 Å². The van der Waals surface area contributed by atoms with E-state index in [-0.39, 0.29) is 0 Å². The van der Waals surface area contributed by atoms with Gasteiger partial charge >= 0.3 is 0 Å². The molecule has 0 radical (unpaired) electrons. The van der Waals surface area contributed by atoms with Crippen LogP contribution in [-0.2, 0) is 21.1 Å². The van der Waals surface area contributed by atoms with Crippen molar-refractivity contribution < 1.29 is 8.23 Å². The smallest absolute Gasteiger partial charge is 0.173 e. The fraction of sp³-hybridized carbons (Fsp3) is 0.700. The quantitative estimate of drug-likeness (QED) is 0.379. The molecule has 0 aliphatic carbocycles. The fourth-order valence-corrected chi connectivity index (χ4v) is 19.4. The molecular formula is C20H42O2Si4. The zero-order chi connectivity index (χ0) is 20.2. The average Bonchev–Trinajstić information content (AvgIpc) is 2.39. The Hall–Kier alpha value is 0.00753. The molecule has 0 aliphatic rings. The molecule has 0 saturated carbocycles. The summed E-state index contributed by atoms with van der Waals surface area (Å²) in [6.07, 6.45) is 2.28. The highest BCUT2D eigenvalue weighted by atomic mass is 28.4. The van der Waals surface area contributed by atoms with Crippen LogP contribution in [0.1, 0.15) is 11.1 Å². The Bertz CT molecular complexity index is 504. The molecular weight excluding hydrogens is 385 g/mol. The van der Waals surface area contributed by atoms with E-state index < -0.39 is 33.3 Å². The van der Waals surface area contributed by atoms with Crippen LogP contribution in [0.5, 0.6) is 0 Å². The predicted molar refractivity (Wildman–Crippen MR) is 127 cm³/mol. The van der Waals surface area contributed by atoms with Crippen LogP contribution in [-0.4, -0.2) is 33.3 Å².